The summed E-state index contributed by atoms with van der Waals surface area (Å²) in [4.78, 5) is 34.8. The van der Waals surface area contributed by atoms with Crippen molar-refractivity contribution >= 4 is 17.9 Å². The van der Waals surface area contributed by atoms with Crippen LogP contribution in [0.2, 0.25) is 0 Å². The molecule has 0 radical (unpaired) electrons. The van der Waals surface area contributed by atoms with Crippen molar-refractivity contribution in [3.63, 3.8) is 0 Å². The largest absolute Gasteiger partial charge is 0.496 e. The molecule has 3 amide bonds. The number of para-hydroxylation sites is 1. The van der Waals surface area contributed by atoms with Crippen LogP contribution in [0.5, 0.6) is 5.75 Å². The Morgan fingerprint density at radius 1 is 1.17 bits per heavy atom. The minimum absolute atomic E-state index is 0.0160. The molecule has 0 unspecified atom stereocenters. The van der Waals surface area contributed by atoms with E-state index >= 15 is 0 Å². The zero-order chi connectivity index (χ0) is 17.9. The number of hydrogen-bond acceptors (Lipinski definition) is 5. The molecule has 0 aliphatic rings. The molecule has 0 spiro atoms. The lowest BCUT2D eigenvalue weighted by Crippen LogP contribution is -2.42. The van der Waals surface area contributed by atoms with E-state index in [0.717, 1.165) is 6.42 Å². The highest BCUT2D eigenvalue weighted by Gasteiger charge is 2.13. The highest BCUT2D eigenvalue weighted by atomic mass is 16.5. The van der Waals surface area contributed by atoms with Crippen LogP contribution in [0.3, 0.4) is 0 Å². The van der Waals surface area contributed by atoms with Crippen molar-refractivity contribution in [2.45, 2.75) is 26.7 Å². The number of imide groups is 1. The van der Waals surface area contributed by atoms with Crippen LogP contribution in [-0.4, -0.2) is 38.2 Å². The molecular formula is C17H24N2O5. The van der Waals surface area contributed by atoms with E-state index in [4.69, 9.17) is 9.47 Å². The number of rotatable bonds is 8. The summed E-state index contributed by atoms with van der Waals surface area (Å²) < 4.78 is 10.0. The molecule has 7 nitrogen and oxygen atoms in total. The Hall–Kier alpha value is -2.57. The molecule has 0 heterocycles. The lowest BCUT2D eigenvalue weighted by atomic mass is 10.1. The number of ether oxygens (including phenoxy) is 2. The van der Waals surface area contributed by atoms with E-state index in [1.165, 1.54) is 7.11 Å². The van der Waals surface area contributed by atoms with E-state index in [0.29, 0.717) is 23.8 Å². The minimum atomic E-state index is -0.676. The Labute approximate surface area is 141 Å². The highest BCUT2D eigenvalue weighted by molar-refractivity contribution is 5.95. The molecule has 2 N–H and O–H groups in total. The maximum Gasteiger partial charge on any atom is 0.321 e. The maximum atomic E-state index is 11.8. The van der Waals surface area contributed by atoms with Gasteiger partial charge in [0.05, 0.1) is 13.5 Å². The van der Waals surface area contributed by atoms with Crippen molar-refractivity contribution in [2.75, 3.05) is 20.3 Å². The Morgan fingerprint density at radius 2 is 1.88 bits per heavy atom. The van der Waals surface area contributed by atoms with Gasteiger partial charge in [0.1, 0.15) is 5.75 Å². The first-order valence-corrected chi connectivity index (χ1v) is 7.77. The van der Waals surface area contributed by atoms with Crippen molar-refractivity contribution in [1.82, 2.24) is 10.6 Å². The van der Waals surface area contributed by atoms with Crippen LogP contribution in [0.15, 0.2) is 24.3 Å². The molecule has 7 heteroatoms. The fourth-order valence-electron chi connectivity index (χ4n) is 1.88. The normalized spacial score (nSPS) is 10.2. The van der Waals surface area contributed by atoms with E-state index in [-0.39, 0.29) is 6.42 Å². The SMILES string of the molecule is COc1ccccc1CC(=O)OCC(=O)NC(=O)NCCC(C)C. The number of amides is 3. The van der Waals surface area contributed by atoms with E-state index in [2.05, 4.69) is 10.6 Å². The second kappa shape index (κ2) is 10.3. The predicted molar refractivity (Wildman–Crippen MR) is 88.7 cm³/mol. The molecule has 0 aliphatic carbocycles. The molecule has 1 aromatic rings. The maximum absolute atomic E-state index is 11.8. The van der Waals surface area contributed by atoms with Gasteiger partial charge in [0.15, 0.2) is 6.61 Å². The van der Waals surface area contributed by atoms with E-state index < -0.39 is 24.5 Å². The van der Waals surface area contributed by atoms with Crippen LogP contribution in [0.1, 0.15) is 25.8 Å². The first kappa shape index (κ1) is 19.5. The second-order valence-corrected chi connectivity index (χ2v) is 5.64. The van der Waals surface area contributed by atoms with Crippen molar-refractivity contribution in [1.29, 1.82) is 0 Å². The van der Waals surface area contributed by atoms with Crippen molar-refractivity contribution in [3.05, 3.63) is 29.8 Å². The molecule has 24 heavy (non-hydrogen) atoms. The van der Waals surface area contributed by atoms with Gasteiger partial charge in [-0.25, -0.2) is 4.79 Å². The summed E-state index contributed by atoms with van der Waals surface area (Å²) in [6.07, 6.45) is 0.799. The molecule has 0 aromatic heterocycles. The zero-order valence-corrected chi connectivity index (χ0v) is 14.3. The topological polar surface area (TPSA) is 93.7 Å². The highest BCUT2D eigenvalue weighted by Crippen LogP contribution is 2.17. The van der Waals surface area contributed by atoms with Gasteiger partial charge < -0.3 is 14.8 Å². The van der Waals surface area contributed by atoms with E-state index in [9.17, 15) is 14.4 Å². The Morgan fingerprint density at radius 3 is 2.54 bits per heavy atom. The summed E-state index contributed by atoms with van der Waals surface area (Å²) in [6, 6.07) is 6.44. The summed E-state index contributed by atoms with van der Waals surface area (Å²) in [6.45, 7) is 4.04. The summed E-state index contributed by atoms with van der Waals surface area (Å²) in [5.41, 5.74) is 0.664. The summed E-state index contributed by atoms with van der Waals surface area (Å²) >= 11 is 0. The smallest absolute Gasteiger partial charge is 0.321 e. The molecule has 0 saturated heterocycles. The lowest BCUT2D eigenvalue weighted by molar-refractivity contribution is -0.147. The molecule has 132 valence electrons. The first-order valence-electron chi connectivity index (χ1n) is 7.77. The zero-order valence-electron chi connectivity index (χ0n) is 14.3. The molecule has 0 atom stereocenters. The number of nitrogens with one attached hydrogen (secondary N) is 2. The summed E-state index contributed by atoms with van der Waals surface area (Å²) in [5, 5.41) is 4.66. The van der Waals surface area contributed by atoms with Crippen molar-refractivity contribution in [3.8, 4) is 5.75 Å². The molecule has 1 aromatic carbocycles. The second-order valence-electron chi connectivity index (χ2n) is 5.64. The summed E-state index contributed by atoms with van der Waals surface area (Å²) in [5.74, 6) is -0.222. The average molecular weight is 336 g/mol. The number of carbonyl (C=O) groups excluding carboxylic acids is 3. The molecule has 1 rings (SSSR count). The lowest BCUT2D eigenvalue weighted by Gasteiger charge is -2.09. The number of benzene rings is 1. The van der Waals surface area contributed by atoms with Crippen LogP contribution in [0, 0.1) is 5.92 Å². The fraction of sp³-hybridized carbons (Fsp3) is 0.471. The molecule has 0 aliphatic heterocycles. The number of urea groups is 1. The van der Waals surface area contributed by atoms with Gasteiger partial charge in [-0.15, -0.1) is 0 Å². The standard InChI is InChI=1S/C17H24N2O5/c1-12(2)8-9-18-17(22)19-15(20)11-24-16(21)10-13-6-4-5-7-14(13)23-3/h4-7,12H,8-11H2,1-3H3,(H2,18,19,20,22). The molecular weight excluding hydrogens is 312 g/mol. The van der Waals surface area contributed by atoms with Gasteiger partial charge in [-0.2, -0.15) is 0 Å². The van der Waals surface area contributed by atoms with Gasteiger partial charge in [0.2, 0.25) is 0 Å². The Bertz CT molecular complexity index is 572. The minimum Gasteiger partial charge on any atom is -0.496 e. The number of carbonyl (C=O) groups is 3. The van der Waals surface area contributed by atoms with Crippen molar-refractivity contribution in [2.24, 2.45) is 5.92 Å². The fourth-order valence-corrected chi connectivity index (χ4v) is 1.88. The monoisotopic (exact) mass is 336 g/mol. The first-order chi connectivity index (χ1) is 11.4. The third-order valence-corrected chi connectivity index (χ3v) is 3.15. The van der Waals surface area contributed by atoms with Gasteiger partial charge in [0.25, 0.3) is 5.91 Å². The Balaban J connectivity index is 2.31. The molecule has 0 bridgehead atoms. The third kappa shape index (κ3) is 7.62. The number of esters is 1. The van der Waals surface area contributed by atoms with Gasteiger partial charge in [0, 0.05) is 12.1 Å². The van der Waals surface area contributed by atoms with Gasteiger partial charge in [-0.05, 0) is 18.4 Å². The summed E-state index contributed by atoms with van der Waals surface area (Å²) in [7, 11) is 1.51. The number of hydrogen-bond donors (Lipinski definition) is 2. The predicted octanol–water partition coefficient (Wildman–Crippen LogP) is 1.65. The molecule has 0 fully saturated rings. The van der Waals surface area contributed by atoms with Crippen LogP contribution >= 0.6 is 0 Å². The van der Waals surface area contributed by atoms with Crippen LogP contribution in [-0.2, 0) is 20.7 Å². The van der Waals surface area contributed by atoms with Gasteiger partial charge in [-0.3, -0.25) is 14.9 Å². The van der Waals surface area contributed by atoms with Crippen molar-refractivity contribution < 1.29 is 23.9 Å². The van der Waals surface area contributed by atoms with Gasteiger partial charge >= 0.3 is 12.0 Å². The Kier molecular flexibility index (Phi) is 8.32. The molecule has 0 saturated carbocycles. The average Bonchev–Trinajstić information content (AvgIpc) is 2.53. The van der Waals surface area contributed by atoms with Crippen LogP contribution < -0.4 is 15.4 Å². The quantitative estimate of drug-likeness (QED) is 0.704. The third-order valence-electron chi connectivity index (χ3n) is 3.15. The van der Waals surface area contributed by atoms with Crippen LogP contribution in [0.25, 0.3) is 0 Å². The van der Waals surface area contributed by atoms with E-state index in [1.807, 2.05) is 13.8 Å². The number of methoxy groups -OCH3 is 1. The van der Waals surface area contributed by atoms with Crippen LogP contribution in [0.4, 0.5) is 4.79 Å². The van der Waals surface area contributed by atoms with Gasteiger partial charge in [-0.1, -0.05) is 32.0 Å². The van der Waals surface area contributed by atoms with E-state index in [1.54, 1.807) is 24.3 Å².